The fraction of sp³-hybridized carbons (Fsp3) is 0.250. The summed E-state index contributed by atoms with van der Waals surface area (Å²) in [6, 6.07) is 5.10. The smallest absolute Gasteiger partial charge is 0.312 e. The van der Waals surface area contributed by atoms with Crippen molar-refractivity contribution in [2.45, 2.75) is 6.42 Å². The van der Waals surface area contributed by atoms with Crippen LogP contribution in [0.3, 0.4) is 0 Å². The molecule has 1 aromatic carbocycles. The van der Waals surface area contributed by atoms with E-state index >= 15 is 0 Å². The summed E-state index contributed by atoms with van der Waals surface area (Å²) < 4.78 is 15.5. The van der Waals surface area contributed by atoms with Gasteiger partial charge in [0.05, 0.1) is 14.2 Å². The minimum Gasteiger partial charge on any atom is -0.493 e. The highest BCUT2D eigenvalue weighted by molar-refractivity contribution is 5.69. The third kappa shape index (κ3) is 2.82. The van der Waals surface area contributed by atoms with Crippen LogP contribution in [-0.2, 0) is 11.2 Å². The Hall–Kier alpha value is -2.57. The number of carboxylic acid groups (broad SMARTS) is 1. The molecule has 0 radical (unpaired) electrons. The van der Waals surface area contributed by atoms with Gasteiger partial charge in [-0.05, 0) is 18.2 Å². The molecule has 0 fully saturated rings. The molecule has 0 amide bonds. The summed E-state index contributed by atoms with van der Waals surface area (Å²) in [7, 11) is 3.06. The maximum atomic E-state index is 10.5. The molecular weight excluding hydrogens is 252 g/mol. The molecule has 1 aromatic heterocycles. The number of rotatable bonds is 5. The third-order valence-electron chi connectivity index (χ3n) is 2.40. The maximum absolute atomic E-state index is 10.5. The van der Waals surface area contributed by atoms with Crippen LogP contribution in [0.2, 0.25) is 0 Å². The number of methoxy groups -OCH3 is 2. The Morgan fingerprint density at radius 3 is 2.63 bits per heavy atom. The van der Waals surface area contributed by atoms with Crippen molar-refractivity contribution in [2.24, 2.45) is 0 Å². The van der Waals surface area contributed by atoms with Gasteiger partial charge in [0.1, 0.15) is 6.42 Å². The molecule has 0 aliphatic rings. The van der Waals surface area contributed by atoms with Crippen molar-refractivity contribution < 1.29 is 23.8 Å². The van der Waals surface area contributed by atoms with Gasteiger partial charge in [-0.2, -0.15) is 0 Å². The molecule has 0 aliphatic heterocycles. The molecule has 19 heavy (non-hydrogen) atoms. The minimum atomic E-state index is -1.03. The Labute approximate surface area is 108 Å². The second kappa shape index (κ2) is 5.38. The number of benzene rings is 1. The van der Waals surface area contributed by atoms with Crippen LogP contribution in [-0.4, -0.2) is 35.5 Å². The lowest BCUT2D eigenvalue weighted by Gasteiger charge is -2.07. The van der Waals surface area contributed by atoms with E-state index < -0.39 is 5.97 Å². The van der Waals surface area contributed by atoms with Crippen LogP contribution in [0.5, 0.6) is 11.5 Å². The zero-order valence-corrected chi connectivity index (χ0v) is 10.4. The summed E-state index contributed by atoms with van der Waals surface area (Å²) in [4.78, 5) is 10.5. The van der Waals surface area contributed by atoms with Gasteiger partial charge in [-0.25, -0.2) is 0 Å². The zero-order valence-electron chi connectivity index (χ0n) is 10.4. The maximum Gasteiger partial charge on any atom is 0.312 e. The van der Waals surface area contributed by atoms with E-state index in [1.165, 1.54) is 14.2 Å². The van der Waals surface area contributed by atoms with Crippen molar-refractivity contribution >= 4 is 5.97 Å². The van der Waals surface area contributed by atoms with Gasteiger partial charge in [0.2, 0.25) is 11.8 Å². The Morgan fingerprint density at radius 2 is 2.00 bits per heavy atom. The van der Waals surface area contributed by atoms with E-state index in [2.05, 4.69) is 10.2 Å². The Balaban J connectivity index is 2.31. The lowest BCUT2D eigenvalue weighted by atomic mass is 10.2. The summed E-state index contributed by atoms with van der Waals surface area (Å²) in [6.45, 7) is 0. The first-order valence-corrected chi connectivity index (χ1v) is 5.40. The number of aromatic nitrogens is 2. The lowest BCUT2D eigenvalue weighted by Crippen LogP contribution is -1.99. The fourth-order valence-corrected chi connectivity index (χ4v) is 1.54. The highest BCUT2D eigenvalue weighted by Gasteiger charge is 2.13. The van der Waals surface area contributed by atoms with Crippen LogP contribution in [0, 0.1) is 0 Å². The lowest BCUT2D eigenvalue weighted by molar-refractivity contribution is -0.136. The van der Waals surface area contributed by atoms with Gasteiger partial charge in [-0.3, -0.25) is 4.79 Å². The Bertz CT molecular complexity index is 594. The van der Waals surface area contributed by atoms with E-state index in [-0.39, 0.29) is 18.2 Å². The van der Waals surface area contributed by atoms with Gasteiger partial charge in [-0.15, -0.1) is 10.2 Å². The summed E-state index contributed by atoms with van der Waals surface area (Å²) in [5.74, 6) is 0.367. The van der Waals surface area contributed by atoms with Crippen LogP contribution >= 0.6 is 0 Å². The predicted molar refractivity (Wildman–Crippen MR) is 64.2 cm³/mol. The van der Waals surface area contributed by atoms with E-state index in [0.29, 0.717) is 17.1 Å². The molecular formula is C12H12N2O5. The van der Waals surface area contributed by atoms with E-state index in [0.717, 1.165) is 0 Å². The molecule has 1 heterocycles. The van der Waals surface area contributed by atoms with Gasteiger partial charge in [0.25, 0.3) is 0 Å². The molecule has 0 bridgehead atoms. The molecule has 2 aromatic rings. The molecule has 0 atom stereocenters. The second-order valence-electron chi connectivity index (χ2n) is 3.64. The van der Waals surface area contributed by atoms with E-state index in [9.17, 15) is 4.79 Å². The van der Waals surface area contributed by atoms with Crippen molar-refractivity contribution in [3.63, 3.8) is 0 Å². The molecule has 0 saturated carbocycles. The summed E-state index contributed by atoms with van der Waals surface area (Å²) in [6.07, 6.45) is -0.305. The standard InChI is InChI=1S/C12H12N2O5/c1-17-8-4-3-7(5-9(8)18-2)12-14-13-10(19-12)6-11(15)16/h3-5H,6H2,1-2H3,(H,15,16). The van der Waals surface area contributed by atoms with Crippen molar-refractivity contribution in [2.75, 3.05) is 14.2 Å². The van der Waals surface area contributed by atoms with Crippen molar-refractivity contribution in [3.8, 4) is 23.0 Å². The first-order valence-electron chi connectivity index (χ1n) is 5.40. The first-order chi connectivity index (χ1) is 9.13. The van der Waals surface area contributed by atoms with Crippen LogP contribution in [0.1, 0.15) is 5.89 Å². The third-order valence-corrected chi connectivity index (χ3v) is 2.40. The summed E-state index contributed by atoms with van der Waals surface area (Å²) >= 11 is 0. The van der Waals surface area contributed by atoms with Gasteiger partial charge >= 0.3 is 5.97 Å². The molecule has 7 nitrogen and oxygen atoms in total. The number of aliphatic carboxylic acids is 1. The minimum absolute atomic E-state index is 0.0530. The van der Waals surface area contributed by atoms with E-state index in [4.69, 9.17) is 19.0 Å². The molecule has 2 rings (SSSR count). The highest BCUT2D eigenvalue weighted by Crippen LogP contribution is 2.31. The summed E-state index contributed by atoms with van der Waals surface area (Å²) in [5.41, 5.74) is 0.627. The van der Waals surface area contributed by atoms with Gasteiger partial charge in [0.15, 0.2) is 11.5 Å². The second-order valence-corrected chi connectivity index (χ2v) is 3.64. The molecule has 0 saturated heterocycles. The number of carbonyl (C=O) groups is 1. The molecule has 7 heteroatoms. The molecule has 0 spiro atoms. The largest absolute Gasteiger partial charge is 0.493 e. The monoisotopic (exact) mass is 264 g/mol. The van der Waals surface area contributed by atoms with Crippen molar-refractivity contribution in [1.82, 2.24) is 10.2 Å². The number of nitrogens with zero attached hydrogens (tertiary/aromatic N) is 2. The number of hydrogen-bond donors (Lipinski definition) is 1. The zero-order chi connectivity index (χ0) is 13.8. The first kappa shape index (κ1) is 12.9. The number of hydrogen-bond acceptors (Lipinski definition) is 6. The topological polar surface area (TPSA) is 94.7 Å². The summed E-state index contributed by atoms with van der Waals surface area (Å²) in [5, 5.41) is 16.1. The van der Waals surface area contributed by atoms with Crippen molar-refractivity contribution in [1.29, 1.82) is 0 Å². The van der Waals surface area contributed by atoms with E-state index in [1.807, 2.05) is 0 Å². The number of carboxylic acids is 1. The van der Waals surface area contributed by atoms with Gasteiger partial charge in [0, 0.05) is 5.56 Å². The van der Waals surface area contributed by atoms with E-state index in [1.54, 1.807) is 18.2 Å². The molecule has 1 N–H and O–H groups in total. The van der Waals surface area contributed by atoms with Crippen LogP contribution < -0.4 is 9.47 Å². The van der Waals surface area contributed by atoms with Crippen LogP contribution in [0.25, 0.3) is 11.5 Å². The predicted octanol–water partition coefficient (Wildman–Crippen LogP) is 1.38. The van der Waals surface area contributed by atoms with Crippen LogP contribution in [0.15, 0.2) is 22.6 Å². The SMILES string of the molecule is COc1ccc(-c2nnc(CC(=O)O)o2)cc1OC. The van der Waals surface area contributed by atoms with Crippen LogP contribution in [0.4, 0.5) is 0 Å². The fourth-order valence-electron chi connectivity index (χ4n) is 1.54. The van der Waals surface area contributed by atoms with Crippen molar-refractivity contribution in [3.05, 3.63) is 24.1 Å². The molecule has 100 valence electrons. The molecule has 0 aliphatic carbocycles. The normalized spacial score (nSPS) is 10.2. The Kier molecular flexibility index (Phi) is 3.65. The average Bonchev–Trinajstić information content (AvgIpc) is 2.85. The average molecular weight is 264 g/mol. The number of ether oxygens (including phenoxy) is 2. The quantitative estimate of drug-likeness (QED) is 0.871. The van der Waals surface area contributed by atoms with Gasteiger partial charge in [-0.1, -0.05) is 0 Å². The highest BCUT2D eigenvalue weighted by atomic mass is 16.5. The van der Waals surface area contributed by atoms with Gasteiger partial charge < -0.3 is 19.0 Å². The molecule has 0 unspecified atom stereocenters. The Morgan fingerprint density at radius 1 is 1.26 bits per heavy atom.